The van der Waals surface area contributed by atoms with Gasteiger partial charge in [0.2, 0.25) is 0 Å². The number of hydrogen-bond donors (Lipinski definition) is 1. The normalized spacial score (nSPS) is 23.6. The van der Waals surface area contributed by atoms with Gasteiger partial charge in [-0.2, -0.15) is 0 Å². The van der Waals surface area contributed by atoms with E-state index >= 15 is 0 Å². The van der Waals surface area contributed by atoms with E-state index in [4.69, 9.17) is 4.74 Å². The Morgan fingerprint density at radius 3 is 2.91 bits per heavy atom. The van der Waals surface area contributed by atoms with Gasteiger partial charge >= 0.3 is 5.97 Å². The highest BCUT2D eigenvalue weighted by atomic mass is 16.5. The number of ether oxygens (including phenoxy) is 1. The molecule has 0 saturated carbocycles. The van der Waals surface area contributed by atoms with E-state index in [0.717, 1.165) is 6.54 Å². The van der Waals surface area contributed by atoms with Gasteiger partial charge in [-0.25, -0.2) is 4.79 Å². The molecule has 0 aromatic heterocycles. The quantitative estimate of drug-likeness (QED) is 0.371. The first-order chi connectivity index (χ1) is 5.29. The van der Waals surface area contributed by atoms with Gasteiger partial charge in [0.25, 0.3) is 5.78 Å². The summed E-state index contributed by atoms with van der Waals surface area (Å²) in [6, 6.07) is 0. The number of carbonyl (C=O) groups excluding carboxylic acids is 2. The lowest BCUT2D eigenvalue weighted by Gasteiger charge is -2.10. The van der Waals surface area contributed by atoms with Crippen molar-refractivity contribution in [2.45, 2.75) is 6.42 Å². The fourth-order valence-electron chi connectivity index (χ4n) is 1.28. The summed E-state index contributed by atoms with van der Waals surface area (Å²) in [6.45, 7) is 1.26. The first kappa shape index (κ1) is 6.54. The van der Waals surface area contributed by atoms with Crippen LogP contribution in [0.2, 0.25) is 0 Å². The van der Waals surface area contributed by atoms with Crippen molar-refractivity contribution in [3.63, 3.8) is 0 Å². The zero-order valence-corrected chi connectivity index (χ0v) is 5.85. The zero-order valence-electron chi connectivity index (χ0n) is 5.85. The molecule has 0 aliphatic carbocycles. The van der Waals surface area contributed by atoms with E-state index in [1.807, 2.05) is 0 Å². The highest BCUT2D eigenvalue weighted by molar-refractivity contribution is 6.42. The van der Waals surface area contributed by atoms with E-state index in [1.165, 1.54) is 0 Å². The Hall–Kier alpha value is -1.16. The number of esters is 1. The van der Waals surface area contributed by atoms with Crippen molar-refractivity contribution in [2.75, 3.05) is 13.1 Å². The molecule has 2 aliphatic rings. The molecule has 0 atom stereocenters. The molecule has 0 aromatic carbocycles. The molecule has 0 fully saturated rings. The van der Waals surface area contributed by atoms with Crippen LogP contribution in [0.25, 0.3) is 0 Å². The summed E-state index contributed by atoms with van der Waals surface area (Å²) < 4.78 is 4.71. The maximum Gasteiger partial charge on any atom is 0.384 e. The van der Waals surface area contributed by atoms with Crippen molar-refractivity contribution >= 4 is 11.8 Å². The maximum absolute atomic E-state index is 11.0. The topological polar surface area (TPSA) is 55.4 Å². The number of nitrogens with one attached hydrogen (secondary N) is 1. The second kappa shape index (κ2) is 2.17. The van der Waals surface area contributed by atoms with Crippen LogP contribution in [-0.4, -0.2) is 24.8 Å². The van der Waals surface area contributed by atoms with Crippen molar-refractivity contribution in [2.24, 2.45) is 0 Å². The van der Waals surface area contributed by atoms with Crippen LogP contribution >= 0.6 is 0 Å². The Kier molecular flexibility index (Phi) is 1.29. The molecule has 0 aromatic rings. The van der Waals surface area contributed by atoms with E-state index in [2.05, 4.69) is 5.32 Å². The Morgan fingerprint density at radius 2 is 2.18 bits per heavy atom. The average Bonchev–Trinajstić information content (AvgIpc) is 2.30. The molecule has 2 rings (SSSR count). The fraction of sp³-hybridized carbons (Fsp3) is 0.429. The van der Waals surface area contributed by atoms with Crippen LogP contribution in [0.4, 0.5) is 0 Å². The standard InChI is InChI=1S/C7H7NO3/c9-6-4-1-2-8-3-5(4)11-7(6)10/h8H,1-3H2. The maximum atomic E-state index is 11.0. The van der Waals surface area contributed by atoms with Gasteiger partial charge in [0.1, 0.15) is 5.76 Å². The molecule has 58 valence electrons. The summed E-state index contributed by atoms with van der Waals surface area (Å²) in [5.41, 5.74) is 0.564. The van der Waals surface area contributed by atoms with E-state index in [0.29, 0.717) is 24.3 Å². The van der Waals surface area contributed by atoms with Crippen LogP contribution in [-0.2, 0) is 14.3 Å². The van der Waals surface area contributed by atoms with Gasteiger partial charge in [-0.15, -0.1) is 0 Å². The molecule has 0 saturated heterocycles. The van der Waals surface area contributed by atoms with Gasteiger partial charge in [-0.3, -0.25) is 4.79 Å². The molecular formula is C7H7NO3. The molecule has 0 bridgehead atoms. The van der Waals surface area contributed by atoms with Gasteiger partial charge in [0.05, 0.1) is 6.54 Å². The van der Waals surface area contributed by atoms with Crippen LogP contribution in [0, 0.1) is 0 Å². The Bertz CT molecular complexity index is 267. The van der Waals surface area contributed by atoms with Gasteiger partial charge in [-0.05, 0) is 13.0 Å². The lowest BCUT2D eigenvalue weighted by atomic mass is 10.1. The Labute approximate surface area is 63.2 Å². The summed E-state index contributed by atoms with van der Waals surface area (Å²) in [7, 11) is 0. The van der Waals surface area contributed by atoms with Crippen molar-refractivity contribution < 1.29 is 14.3 Å². The second-order valence-corrected chi connectivity index (χ2v) is 2.55. The monoisotopic (exact) mass is 153 g/mol. The molecule has 2 aliphatic heterocycles. The average molecular weight is 153 g/mol. The molecule has 11 heavy (non-hydrogen) atoms. The molecule has 0 unspecified atom stereocenters. The summed E-state index contributed by atoms with van der Waals surface area (Å²) in [5, 5.41) is 3.01. The molecular weight excluding hydrogens is 146 g/mol. The van der Waals surface area contributed by atoms with Crippen molar-refractivity contribution in [1.29, 1.82) is 0 Å². The van der Waals surface area contributed by atoms with Crippen LogP contribution in [0.3, 0.4) is 0 Å². The minimum Gasteiger partial charge on any atom is -0.423 e. The van der Waals surface area contributed by atoms with Crippen molar-refractivity contribution in [3.8, 4) is 0 Å². The summed E-state index contributed by atoms with van der Waals surface area (Å²) in [4.78, 5) is 21.7. The third-order valence-corrected chi connectivity index (χ3v) is 1.85. The van der Waals surface area contributed by atoms with Gasteiger partial charge in [0.15, 0.2) is 0 Å². The van der Waals surface area contributed by atoms with Crippen LogP contribution < -0.4 is 5.32 Å². The minimum atomic E-state index is -0.723. The summed E-state index contributed by atoms with van der Waals surface area (Å²) in [6.07, 6.45) is 0.611. The molecule has 1 N–H and O–H groups in total. The van der Waals surface area contributed by atoms with E-state index in [9.17, 15) is 9.59 Å². The number of carbonyl (C=O) groups is 2. The molecule has 0 amide bonds. The Balaban J connectivity index is 2.34. The minimum absolute atomic E-state index is 0.457. The third-order valence-electron chi connectivity index (χ3n) is 1.85. The molecule has 4 heteroatoms. The smallest absolute Gasteiger partial charge is 0.384 e. The van der Waals surface area contributed by atoms with E-state index in [1.54, 1.807) is 0 Å². The number of Topliss-reactive ketones (excluding diaryl/α,β-unsaturated/α-hetero) is 1. The van der Waals surface area contributed by atoms with Crippen LogP contribution in [0.5, 0.6) is 0 Å². The number of hydrogen-bond acceptors (Lipinski definition) is 4. The SMILES string of the molecule is O=C1OC2=C(CCNC2)C1=O. The largest absolute Gasteiger partial charge is 0.423 e. The predicted octanol–water partition coefficient (Wildman–Crippen LogP) is -0.640. The summed E-state index contributed by atoms with van der Waals surface area (Å²) in [5.74, 6) is -0.661. The van der Waals surface area contributed by atoms with E-state index < -0.39 is 11.8 Å². The Morgan fingerprint density at radius 1 is 1.36 bits per heavy atom. The third kappa shape index (κ3) is 0.867. The van der Waals surface area contributed by atoms with Gasteiger partial charge in [0, 0.05) is 5.57 Å². The highest BCUT2D eigenvalue weighted by Gasteiger charge is 2.34. The molecule has 2 heterocycles. The van der Waals surface area contributed by atoms with Crippen LogP contribution in [0.1, 0.15) is 6.42 Å². The highest BCUT2D eigenvalue weighted by Crippen LogP contribution is 2.21. The van der Waals surface area contributed by atoms with E-state index in [-0.39, 0.29) is 0 Å². The fourth-order valence-corrected chi connectivity index (χ4v) is 1.28. The number of rotatable bonds is 0. The van der Waals surface area contributed by atoms with Crippen molar-refractivity contribution in [1.82, 2.24) is 5.32 Å². The second-order valence-electron chi connectivity index (χ2n) is 2.55. The lowest BCUT2D eigenvalue weighted by Crippen LogP contribution is -2.24. The summed E-state index contributed by atoms with van der Waals surface area (Å²) >= 11 is 0. The lowest BCUT2D eigenvalue weighted by molar-refractivity contribution is -0.146. The first-order valence-corrected chi connectivity index (χ1v) is 3.48. The van der Waals surface area contributed by atoms with Gasteiger partial charge < -0.3 is 10.1 Å². The van der Waals surface area contributed by atoms with Crippen molar-refractivity contribution in [3.05, 3.63) is 11.3 Å². The number of ketones is 1. The van der Waals surface area contributed by atoms with Crippen LogP contribution in [0.15, 0.2) is 11.3 Å². The first-order valence-electron chi connectivity index (χ1n) is 3.48. The molecule has 0 spiro atoms. The van der Waals surface area contributed by atoms with Gasteiger partial charge in [-0.1, -0.05) is 0 Å². The zero-order chi connectivity index (χ0) is 7.84. The predicted molar refractivity (Wildman–Crippen MR) is 35.6 cm³/mol. The molecule has 0 radical (unpaired) electrons. The molecule has 4 nitrogen and oxygen atoms in total.